The maximum absolute atomic E-state index is 11.9. The lowest BCUT2D eigenvalue weighted by molar-refractivity contribution is 0.249. The van der Waals surface area contributed by atoms with Crippen LogP contribution < -0.4 is 14.8 Å². The molecule has 106 valence electrons. The number of rotatable bonds is 6. The Morgan fingerprint density at radius 2 is 1.89 bits per heavy atom. The van der Waals surface area contributed by atoms with Gasteiger partial charge in [-0.25, -0.2) is 9.93 Å². The van der Waals surface area contributed by atoms with Crippen molar-refractivity contribution in [2.75, 3.05) is 10.8 Å². The largest absolute Gasteiger partial charge is 0.337 e. The second kappa shape index (κ2) is 7.10. The minimum Gasteiger partial charge on any atom is -0.337 e. The Morgan fingerprint density at radius 1 is 1.26 bits per heavy atom. The molecule has 0 fully saturated rings. The highest BCUT2D eigenvalue weighted by Crippen LogP contribution is 2.15. The molecule has 1 aromatic rings. The van der Waals surface area contributed by atoms with Gasteiger partial charge in [0.2, 0.25) is 0 Å². The molecule has 0 aliphatic carbocycles. The van der Waals surface area contributed by atoms with Gasteiger partial charge in [0.1, 0.15) is 0 Å². The lowest BCUT2D eigenvalue weighted by Gasteiger charge is -2.20. The number of hydrogen-bond donors (Lipinski definition) is 2. The number of anilines is 1. The molecule has 0 radical (unpaired) electrons. The lowest BCUT2D eigenvalue weighted by Crippen LogP contribution is -2.47. The Hall–Kier alpha value is -1.60. The van der Waals surface area contributed by atoms with Gasteiger partial charge < -0.3 is 5.32 Å². The van der Waals surface area contributed by atoms with Gasteiger partial charge in [-0.3, -0.25) is 0 Å². The van der Waals surface area contributed by atoms with E-state index in [-0.39, 0.29) is 5.69 Å². The second-order valence-electron chi connectivity index (χ2n) is 4.08. The van der Waals surface area contributed by atoms with Crippen LogP contribution in [0.4, 0.5) is 10.5 Å². The van der Waals surface area contributed by atoms with Gasteiger partial charge in [0.05, 0.1) is 5.69 Å². The van der Waals surface area contributed by atoms with Gasteiger partial charge in [-0.05, 0) is 18.6 Å². The topological polar surface area (TPSA) is 92.5 Å². The van der Waals surface area contributed by atoms with Gasteiger partial charge in [-0.15, -0.1) is 0 Å². The highest BCUT2D eigenvalue weighted by atomic mass is 32.2. The number of nitrogens with two attached hydrogens (primary N) is 1. The minimum absolute atomic E-state index is 0.220. The number of unbranched alkanes of at least 4 members (excludes halogenated alkanes) is 2. The van der Waals surface area contributed by atoms with Crippen LogP contribution in [-0.4, -0.2) is 21.0 Å². The number of carbonyl (C=O) groups is 1. The van der Waals surface area contributed by atoms with Gasteiger partial charge in [0, 0.05) is 6.54 Å². The van der Waals surface area contributed by atoms with E-state index < -0.39 is 16.2 Å². The van der Waals surface area contributed by atoms with E-state index in [1.807, 2.05) is 6.92 Å². The molecule has 2 amide bonds. The standard InChI is InChI=1S/C12H19N3O3S/c1-2-3-7-10-14-12(16)15(19(13,17)18)11-8-5-4-6-9-11/h4-6,8-9H,2-3,7,10H2,1H3,(H,14,16)(H2,13,17,18). The van der Waals surface area contributed by atoms with Crippen molar-refractivity contribution >= 4 is 21.9 Å². The molecule has 1 rings (SSSR count). The van der Waals surface area contributed by atoms with E-state index in [4.69, 9.17) is 5.14 Å². The number of urea groups is 1. The first-order valence-corrected chi connectivity index (χ1v) is 7.63. The first kappa shape index (κ1) is 15.5. The Labute approximate surface area is 113 Å². The molecule has 0 heterocycles. The number of nitrogens with one attached hydrogen (secondary N) is 1. The average Bonchev–Trinajstić information content (AvgIpc) is 2.34. The van der Waals surface area contributed by atoms with Crippen LogP contribution in [0.15, 0.2) is 30.3 Å². The van der Waals surface area contributed by atoms with Gasteiger partial charge in [-0.1, -0.05) is 38.0 Å². The third-order valence-corrected chi connectivity index (χ3v) is 3.37. The first-order chi connectivity index (χ1) is 8.96. The molecule has 0 unspecified atom stereocenters. The summed E-state index contributed by atoms with van der Waals surface area (Å²) in [5, 5.41) is 7.63. The summed E-state index contributed by atoms with van der Waals surface area (Å²) in [6.45, 7) is 2.47. The Morgan fingerprint density at radius 3 is 2.42 bits per heavy atom. The minimum atomic E-state index is -4.14. The number of amides is 2. The van der Waals surface area contributed by atoms with Gasteiger partial charge in [0.15, 0.2) is 0 Å². The molecule has 0 bridgehead atoms. The third-order valence-electron chi connectivity index (χ3n) is 2.49. The molecule has 0 aliphatic heterocycles. The smallest absolute Gasteiger partial charge is 0.336 e. The van der Waals surface area contributed by atoms with Crippen molar-refractivity contribution in [2.45, 2.75) is 26.2 Å². The molecule has 19 heavy (non-hydrogen) atoms. The molecular formula is C12H19N3O3S. The third kappa shape index (κ3) is 4.88. The van der Waals surface area contributed by atoms with Crippen molar-refractivity contribution in [3.05, 3.63) is 30.3 Å². The van der Waals surface area contributed by atoms with E-state index in [0.29, 0.717) is 10.8 Å². The summed E-state index contributed by atoms with van der Waals surface area (Å²) in [6, 6.07) is 7.29. The SMILES string of the molecule is CCCCCNC(=O)N(c1ccccc1)S(N)(=O)=O. The molecule has 6 nitrogen and oxygen atoms in total. The highest BCUT2D eigenvalue weighted by Gasteiger charge is 2.25. The van der Waals surface area contributed by atoms with Crippen molar-refractivity contribution in [1.29, 1.82) is 0 Å². The normalized spacial score (nSPS) is 11.1. The van der Waals surface area contributed by atoms with Gasteiger partial charge >= 0.3 is 16.2 Å². The number of para-hydroxylation sites is 1. The quantitative estimate of drug-likeness (QED) is 0.777. The van der Waals surface area contributed by atoms with Crippen LogP contribution in [0.5, 0.6) is 0 Å². The fourth-order valence-corrected chi connectivity index (χ4v) is 2.30. The Bertz CT molecular complexity index is 502. The number of carbonyl (C=O) groups excluding carboxylic acids is 1. The Kier molecular flexibility index (Phi) is 5.78. The number of hydrogen-bond acceptors (Lipinski definition) is 3. The van der Waals surface area contributed by atoms with Crippen LogP contribution in [-0.2, 0) is 10.2 Å². The fraction of sp³-hybridized carbons (Fsp3) is 0.417. The monoisotopic (exact) mass is 285 g/mol. The van der Waals surface area contributed by atoms with Crippen molar-refractivity contribution in [3.63, 3.8) is 0 Å². The molecule has 1 aromatic carbocycles. The van der Waals surface area contributed by atoms with E-state index in [1.54, 1.807) is 18.2 Å². The zero-order valence-corrected chi connectivity index (χ0v) is 11.7. The maximum Gasteiger partial charge on any atom is 0.336 e. The van der Waals surface area contributed by atoms with Crippen LogP contribution in [0.1, 0.15) is 26.2 Å². The summed E-state index contributed by atoms with van der Waals surface area (Å²) in [5.41, 5.74) is 0.220. The number of nitrogens with zero attached hydrogens (tertiary/aromatic N) is 1. The molecule has 3 N–H and O–H groups in total. The van der Waals surface area contributed by atoms with Crippen molar-refractivity contribution in [2.24, 2.45) is 5.14 Å². The zero-order chi connectivity index (χ0) is 14.3. The van der Waals surface area contributed by atoms with Gasteiger partial charge in [-0.2, -0.15) is 12.7 Å². The summed E-state index contributed by atoms with van der Waals surface area (Å²) in [7, 11) is -4.14. The molecule has 0 atom stereocenters. The Balaban J connectivity index is 2.79. The first-order valence-electron chi connectivity index (χ1n) is 6.12. The maximum atomic E-state index is 11.9. The van der Waals surface area contributed by atoms with E-state index in [9.17, 15) is 13.2 Å². The van der Waals surface area contributed by atoms with Crippen molar-refractivity contribution in [3.8, 4) is 0 Å². The second-order valence-corrected chi connectivity index (χ2v) is 5.48. The summed E-state index contributed by atoms with van der Waals surface area (Å²) in [5.74, 6) is 0. The van der Waals surface area contributed by atoms with Crippen LogP contribution in [0.2, 0.25) is 0 Å². The summed E-state index contributed by atoms with van der Waals surface area (Å²) in [6.07, 6.45) is 2.80. The average molecular weight is 285 g/mol. The molecule has 0 aliphatic rings. The van der Waals surface area contributed by atoms with Crippen LogP contribution in [0.25, 0.3) is 0 Å². The van der Waals surface area contributed by atoms with E-state index in [1.165, 1.54) is 12.1 Å². The van der Waals surface area contributed by atoms with Crippen LogP contribution >= 0.6 is 0 Å². The molecule has 7 heteroatoms. The number of benzene rings is 1. The van der Waals surface area contributed by atoms with Crippen molar-refractivity contribution in [1.82, 2.24) is 5.32 Å². The van der Waals surface area contributed by atoms with E-state index in [0.717, 1.165) is 19.3 Å². The van der Waals surface area contributed by atoms with Gasteiger partial charge in [0.25, 0.3) is 0 Å². The molecule has 0 saturated heterocycles. The van der Waals surface area contributed by atoms with E-state index in [2.05, 4.69) is 5.32 Å². The summed E-state index contributed by atoms with van der Waals surface area (Å²) < 4.78 is 23.6. The van der Waals surface area contributed by atoms with Crippen LogP contribution in [0, 0.1) is 0 Å². The fourth-order valence-electron chi connectivity index (χ4n) is 1.59. The lowest BCUT2D eigenvalue weighted by atomic mass is 10.2. The predicted octanol–water partition coefficient (Wildman–Crippen LogP) is 1.60. The molecular weight excluding hydrogens is 266 g/mol. The van der Waals surface area contributed by atoms with Crippen molar-refractivity contribution < 1.29 is 13.2 Å². The van der Waals surface area contributed by atoms with E-state index >= 15 is 0 Å². The predicted molar refractivity (Wildman–Crippen MR) is 75.0 cm³/mol. The summed E-state index contributed by atoms with van der Waals surface area (Å²) >= 11 is 0. The molecule has 0 saturated carbocycles. The molecule has 0 spiro atoms. The summed E-state index contributed by atoms with van der Waals surface area (Å²) in [4.78, 5) is 11.9. The zero-order valence-electron chi connectivity index (χ0n) is 10.9. The highest BCUT2D eigenvalue weighted by molar-refractivity contribution is 7.91. The van der Waals surface area contributed by atoms with Crippen LogP contribution in [0.3, 0.4) is 0 Å². The molecule has 0 aromatic heterocycles.